The number of benzene rings is 1. The third-order valence-corrected chi connectivity index (χ3v) is 6.82. The van der Waals surface area contributed by atoms with Crippen LogP contribution < -0.4 is 10.3 Å². The highest BCUT2D eigenvalue weighted by Crippen LogP contribution is 2.21. The number of hydrogen-bond acceptors (Lipinski definition) is 6. The Balaban J connectivity index is 1.83. The minimum atomic E-state index is -3.13. The smallest absolute Gasteiger partial charge is 0.267 e. The molecule has 0 aliphatic carbocycles. The number of sulfone groups is 1. The third kappa shape index (κ3) is 5.27. The fourth-order valence-corrected chi connectivity index (χ4v) is 5.30. The molecule has 1 fully saturated rings. The van der Waals surface area contributed by atoms with E-state index >= 15 is 0 Å². The summed E-state index contributed by atoms with van der Waals surface area (Å²) in [5.74, 6) is 0.641. The van der Waals surface area contributed by atoms with Crippen molar-refractivity contribution in [2.24, 2.45) is 5.92 Å². The summed E-state index contributed by atoms with van der Waals surface area (Å²) in [6.45, 7) is 4.15. The molecule has 1 saturated heterocycles. The molecule has 9 heteroatoms. The van der Waals surface area contributed by atoms with Crippen molar-refractivity contribution in [1.29, 1.82) is 0 Å². The highest BCUT2D eigenvalue weighted by Gasteiger charge is 2.35. The molecule has 1 aromatic carbocycles. The summed E-state index contributed by atoms with van der Waals surface area (Å²) in [6.07, 6.45) is 0.426. The summed E-state index contributed by atoms with van der Waals surface area (Å²) in [6, 6.07) is 9.88. The summed E-state index contributed by atoms with van der Waals surface area (Å²) in [5.41, 5.74) is 0.964. The van der Waals surface area contributed by atoms with Gasteiger partial charge in [0.2, 0.25) is 5.91 Å². The molecule has 1 atom stereocenters. The monoisotopic (exact) mass is 433 g/mol. The van der Waals surface area contributed by atoms with Gasteiger partial charge >= 0.3 is 0 Å². The molecule has 0 N–H and O–H groups in total. The lowest BCUT2D eigenvalue weighted by atomic mass is 10.1. The Morgan fingerprint density at radius 1 is 1.23 bits per heavy atom. The molecule has 1 aliphatic rings. The number of aromatic nitrogens is 2. The summed E-state index contributed by atoms with van der Waals surface area (Å²) < 4.78 is 30.1. The van der Waals surface area contributed by atoms with E-state index < -0.39 is 9.84 Å². The molecule has 162 valence electrons. The molecular formula is C21H27N3O5S. The van der Waals surface area contributed by atoms with Crippen LogP contribution in [0.4, 0.5) is 0 Å². The highest BCUT2D eigenvalue weighted by atomic mass is 32.2. The van der Waals surface area contributed by atoms with E-state index in [1.165, 1.54) is 6.07 Å². The number of hydrogen-bond donors (Lipinski definition) is 0. The number of nitrogens with zero attached hydrogens (tertiary/aromatic N) is 3. The van der Waals surface area contributed by atoms with Gasteiger partial charge in [-0.15, -0.1) is 0 Å². The van der Waals surface area contributed by atoms with Gasteiger partial charge in [-0.1, -0.05) is 13.8 Å². The van der Waals surface area contributed by atoms with Crippen LogP contribution in [0, 0.1) is 5.92 Å². The van der Waals surface area contributed by atoms with E-state index in [4.69, 9.17) is 4.74 Å². The molecular weight excluding hydrogens is 406 g/mol. The van der Waals surface area contributed by atoms with Crippen molar-refractivity contribution in [3.63, 3.8) is 0 Å². The van der Waals surface area contributed by atoms with Crippen molar-refractivity contribution < 1.29 is 17.9 Å². The predicted octanol–water partition coefficient (Wildman–Crippen LogP) is 1.59. The van der Waals surface area contributed by atoms with Crippen LogP contribution in [0.25, 0.3) is 11.3 Å². The van der Waals surface area contributed by atoms with Crippen LogP contribution in [0.3, 0.4) is 0 Å². The van der Waals surface area contributed by atoms with Crippen molar-refractivity contribution in [2.45, 2.75) is 32.9 Å². The number of amides is 1. The quantitative estimate of drug-likeness (QED) is 0.658. The molecule has 1 aliphatic heterocycles. The largest absolute Gasteiger partial charge is 0.497 e. The van der Waals surface area contributed by atoms with Gasteiger partial charge in [-0.25, -0.2) is 13.1 Å². The second kappa shape index (κ2) is 8.99. The predicted molar refractivity (Wildman–Crippen MR) is 114 cm³/mol. The molecule has 1 aromatic heterocycles. The number of methoxy groups -OCH3 is 1. The molecule has 1 unspecified atom stereocenters. The van der Waals surface area contributed by atoms with E-state index in [1.54, 1.807) is 30.2 Å². The fourth-order valence-electron chi connectivity index (χ4n) is 3.57. The van der Waals surface area contributed by atoms with Gasteiger partial charge in [-0.2, -0.15) is 5.10 Å². The Morgan fingerprint density at radius 2 is 1.93 bits per heavy atom. The third-order valence-electron chi connectivity index (χ3n) is 5.07. The van der Waals surface area contributed by atoms with Gasteiger partial charge in [0.25, 0.3) is 5.56 Å². The Kier molecular flexibility index (Phi) is 6.60. The van der Waals surface area contributed by atoms with Crippen LogP contribution in [0.2, 0.25) is 0 Å². The summed E-state index contributed by atoms with van der Waals surface area (Å²) in [5, 5.41) is 4.35. The van der Waals surface area contributed by atoms with Gasteiger partial charge < -0.3 is 9.64 Å². The second-order valence-electron chi connectivity index (χ2n) is 7.94. The van der Waals surface area contributed by atoms with Crippen LogP contribution in [0.15, 0.2) is 41.2 Å². The number of carbonyl (C=O) groups is 1. The zero-order chi connectivity index (χ0) is 21.9. The maximum Gasteiger partial charge on any atom is 0.267 e. The standard InChI is InChI=1S/C21H27N3O5S/c1-15(2)12-23(17-10-11-30(27,28)14-17)21(26)13-24-20(25)9-8-19(22-24)16-4-6-18(29-3)7-5-16/h4-9,15,17H,10-14H2,1-3H3. The van der Waals surface area contributed by atoms with E-state index in [1.807, 2.05) is 26.0 Å². The second-order valence-corrected chi connectivity index (χ2v) is 10.2. The molecule has 30 heavy (non-hydrogen) atoms. The van der Waals surface area contributed by atoms with Gasteiger partial charge in [0.05, 0.1) is 24.3 Å². The Hall–Kier alpha value is -2.68. The minimum absolute atomic E-state index is 0.0281. The zero-order valence-corrected chi connectivity index (χ0v) is 18.3. The summed E-state index contributed by atoms with van der Waals surface area (Å²) in [4.78, 5) is 27.0. The van der Waals surface area contributed by atoms with Crippen molar-refractivity contribution in [3.05, 3.63) is 46.8 Å². The van der Waals surface area contributed by atoms with Crippen LogP contribution in [0.1, 0.15) is 20.3 Å². The molecule has 0 spiro atoms. The van der Waals surface area contributed by atoms with E-state index in [9.17, 15) is 18.0 Å². The first-order chi connectivity index (χ1) is 14.2. The SMILES string of the molecule is COc1ccc(-c2ccc(=O)n(CC(=O)N(CC(C)C)C3CCS(=O)(=O)C3)n2)cc1. The average Bonchev–Trinajstić information content (AvgIpc) is 3.07. The Bertz CT molecular complexity index is 1060. The maximum absolute atomic E-state index is 13.0. The summed E-state index contributed by atoms with van der Waals surface area (Å²) in [7, 11) is -1.55. The number of ether oxygens (including phenoxy) is 1. The van der Waals surface area contributed by atoms with Crippen LogP contribution in [0.5, 0.6) is 5.75 Å². The average molecular weight is 434 g/mol. The topological polar surface area (TPSA) is 98.6 Å². The zero-order valence-electron chi connectivity index (χ0n) is 17.4. The van der Waals surface area contributed by atoms with E-state index in [0.717, 1.165) is 10.2 Å². The molecule has 0 radical (unpaired) electrons. The molecule has 0 saturated carbocycles. The van der Waals surface area contributed by atoms with E-state index in [2.05, 4.69) is 5.10 Å². The fraction of sp³-hybridized carbons (Fsp3) is 0.476. The Labute approximate surface area is 176 Å². The van der Waals surface area contributed by atoms with E-state index in [0.29, 0.717) is 24.4 Å². The van der Waals surface area contributed by atoms with Crippen LogP contribution in [-0.4, -0.2) is 60.2 Å². The maximum atomic E-state index is 13.0. The van der Waals surface area contributed by atoms with Crippen molar-refractivity contribution >= 4 is 15.7 Å². The Morgan fingerprint density at radius 3 is 2.50 bits per heavy atom. The minimum Gasteiger partial charge on any atom is -0.497 e. The number of rotatable bonds is 7. The number of carbonyl (C=O) groups excluding carboxylic acids is 1. The molecule has 2 heterocycles. The first-order valence-corrected chi connectivity index (χ1v) is 11.7. The van der Waals surface area contributed by atoms with E-state index in [-0.39, 0.29) is 41.5 Å². The van der Waals surface area contributed by atoms with Gasteiger partial charge in [-0.3, -0.25) is 9.59 Å². The normalized spacial score (nSPS) is 17.8. The van der Waals surface area contributed by atoms with Crippen molar-refractivity contribution in [3.8, 4) is 17.0 Å². The van der Waals surface area contributed by atoms with Crippen LogP contribution >= 0.6 is 0 Å². The molecule has 0 bridgehead atoms. The molecule has 3 rings (SSSR count). The first kappa shape index (κ1) is 22.0. The van der Waals surface area contributed by atoms with Crippen molar-refractivity contribution in [1.82, 2.24) is 14.7 Å². The first-order valence-electron chi connectivity index (χ1n) is 9.91. The molecule has 8 nitrogen and oxygen atoms in total. The molecule has 2 aromatic rings. The highest BCUT2D eigenvalue weighted by molar-refractivity contribution is 7.91. The van der Waals surface area contributed by atoms with Crippen LogP contribution in [-0.2, 0) is 21.2 Å². The lowest BCUT2D eigenvalue weighted by Gasteiger charge is -2.30. The van der Waals surface area contributed by atoms with Gasteiger partial charge in [0.1, 0.15) is 12.3 Å². The molecule has 1 amide bonds. The van der Waals surface area contributed by atoms with Gasteiger partial charge in [0.15, 0.2) is 9.84 Å². The summed E-state index contributed by atoms with van der Waals surface area (Å²) >= 11 is 0. The lowest BCUT2D eigenvalue weighted by Crippen LogP contribution is -2.46. The van der Waals surface area contributed by atoms with Gasteiger partial charge in [-0.05, 0) is 42.7 Å². The van der Waals surface area contributed by atoms with Gasteiger partial charge in [0, 0.05) is 24.2 Å². The van der Waals surface area contributed by atoms with Crippen molar-refractivity contribution in [2.75, 3.05) is 25.2 Å². The lowest BCUT2D eigenvalue weighted by molar-refractivity contribution is -0.134.